The molecule has 0 N–H and O–H groups in total. The van der Waals surface area contributed by atoms with Crippen molar-refractivity contribution in [2.24, 2.45) is 0 Å². The number of carbonyl (C=O) groups excluding carboxylic acids is 1. The van der Waals surface area contributed by atoms with Crippen molar-refractivity contribution in [3.05, 3.63) is 65.7 Å². The number of amides is 1. The Balaban J connectivity index is 1.47. The summed E-state index contributed by atoms with van der Waals surface area (Å²) in [5.41, 5.74) is 1.16. The number of morpholine rings is 1. The molecule has 0 aromatic heterocycles. The van der Waals surface area contributed by atoms with Gasteiger partial charge in [0.2, 0.25) is 0 Å². The molecule has 2 fully saturated rings. The summed E-state index contributed by atoms with van der Waals surface area (Å²) >= 11 is 0. The molecule has 6 heteroatoms. The fraction of sp³-hybridized carbons (Fsp3) is 0.350. The average Bonchev–Trinajstić information content (AvgIpc) is 3.02. The molecule has 2 aliphatic heterocycles. The lowest BCUT2D eigenvalue weighted by molar-refractivity contribution is -0.137. The standard InChI is InChI=1S/C20H20F2N2O2/c21-16-6-4-15(5-7-16)11-23-9-8-20(13-23)14-24(19(25)12-26-20)18-3-1-2-17(22)10-18/h1-7,10H,8-9,11-14H2. The molecular formula is C20H20F2N2O2. The molecule has 4 nitrogen and oxygen atoms in total. The second-order valence-corrected chi connectivity index (χ2v) is 7.02. The molecule has 26 heavy (non-hydrogen) atoms. The third-order valence-corrected chi connectivity index (χ3v) is 5.08. The Morgan fingerprint density at radius 1 is 1.04 bits per heavy atom. The summed E-state index contributed by atoms with van der Waals surface area (Å²) in [6.07, 6.45) is 0.799. The molecule has 0 saturated carbocycles. The lowest BCUT2D eigenvalue weighted by atomic mass is 10.00. The summed E-state index contributed by atoms with van der Waals surface area (Å²) in [6.45, 7) is 2.64. The zero-order valence-corrected chi connectivity index (χ0v) is 14.3. The molecule has 2 aromatic rings. The third-order valence-electron chi connectivity index (χ3n) is 5.08. The molecule has 0 bridgehead atoms. The van der Waals surface area contributed by atoms with Gasteiger partial charge in [-0.1, -0.05) is 18.2 Å². The maximum atomic E-state index is 13.5. The molecule has 1 unspecified atom stereocenters. The van der Waals surface area contributed by atoms with Crippen molar-refractivity contribution in [1.82, 2.24) is 4.90 Å². The zero-order chi connectivity index (χ0) is 18.1. The minimum absolute atomic E-state index is 0.000894. The second kappa shape index (κ2) is 6.78. The quantitative estimate of drug-likeness (QED) is 0.846. The van der Waals surface area contributed by atoms with E-state index in [1.165, 1.54) is 24.3 Å². The maximum Gasteiger partial charge on any atom is 0.253 e. The molecule has 2 aromatic carbocycles. The number of likely N-dealkylation sites (tertiary alicyclic amines) is 1. The van der Waals surface area contributed by atoms with Gasteiger partial charge >= 0.3 is 0 Å². The number of carbonyl (C=O) groups is 1. The topological polar surface area (TPSA) is 32.8 Å². The highest BCUT2D eigenvalue weighted by atomic mass is 19.1. The number of ether oxygens (including phenoxy) is 1. The predicted octanol–water partition coefficient (Wildman–Crippen LogP) is 2.97. The van der Waals surface area contributed by atoms with Gasteiger partial charge in [-0.3, -0.25) is 9.69 Å². The number of hydrogen-bond acceptors (Lipinski definition) is 3. The van der Waals surface area contributed by atoms with E-state index in [0.29, 0.717) is 25.3 Å². The first-order valence-corrected chi connectivity index (χ1v) is 8.70. The highest BCUT2D eigenvalue weighted by molar-refractivity contribution is 5.95. The smallest absolute Gasteiger partial charge is 0.253 e. The van der Waals surface area contributed by atoms with E-state index in [1.807, 2.05) is 0 Å². The van der Waals surface area contributed by atoms with E-state index in [-0.39, 0.29) is 24.1 Å². The van der Waals surface area contributed by atoms with Gasteiger partial charge in [-0.05, 0) is 42.3 Å². The van der Waals surface area contributed by atoms with Gasteiger partial charge in [0, 0.05) is 25.3 Å². The Labute approximate surface area is 151 Å². The van der Waals surface area contributed by atoms with Crippen molar-refractivity contribution in [2.45, 2.75) is 18.6 Å². The zero-order valence-electron chi connectivity index (χ0n) is 14.3. The average molecular weight is 358 g/mol. The van der Waals surface area contributed by atoms with Crippen molar-refractivity contribution in [2.75, 3.05) is 31.1 Å². The normalized spacial score (nSPS) is 23.8. The van der Waals surface area contributed by atoms with Gasteiger partial charge in [0.1, 0.15) is 23.8 Å². The van der Waals surface area contributed by atoms with Crippen molar-refractivity contribution in [3.63, 3.8) is 0 Å². The van der Waals surface area contributed by atoms with E-state index in [9.17, 15) is 13.6 Å². The number of rotatable bonds is 3. The molecular weight excluding hydrogens is 338 g/mol. The number of hydrogen-bond donors (Lipinski definition) is 0. The highest BCUT2D eigenvalue weighted by Crippen LogP contribution is 2.32. The Morgan fingerprint density at radius 2 is 1.85 bits per heavy atom. The van der Waals surface area contributed by atoms with E-state index < -0.39 is 5.60 Å². The summed E-state index contributed by atoms with van der Waals surface area (Å²) in [7, 11) is 0. The van der Waals surface area contributed by atoms with Gasteiger partial charge in [0.25, 0.3) is 5.91 Å². The van der Waals surface area contributed by atoms with Crippen LogP contribution >= 0.6 is 0 Å². The van der Waals surface area contributed by atoms with Gasteiger partial charge in [0.15, 0.2) is 0 Å². The van der Waals surface area contributed by atoms with E-state index in [0.717, 1.165) is 18.5 Å². The van der Waals surface area contributed by atoms with Crippen LogP contribution in [0.2, 0.25) is 0 Å². The lowest BCUT2D eigenvalue weighted by Gasteiger charge is -2.40. The van der Waals surface area contributed by atoms with Crippen LogP contribution in [0.25, 0.3) is 0 Å². The minimum atomic E-state index is -0.444. The van der Waals surface area contributed by atoms with Crippen molar-refractivity contribution in [1.29, 1.82) is 0 Å². The maximum absolute atomic E-state index is 13.5. The van der Waals surface area contributed by atoms with Crippen molar-refractivity contribution >= 4 is 11.6 Å². The molecule has 4 rings (SSSR count). The van der Waals surface area contributed by atoms with E-state index in [1.54, 1.807) is 29.2 Å². The first kappa shape index (κ1) is 17.1. The molecule has 1 spiro atoms. The van der Waals surface area contributed by atoms with Gasteiger partial charge in [-0.2, -0.15) is 0 Å². The fourth-order valence-corrected chi connectivity index (χ4v) is 3.75. The van der Waals surface area contributed by atoms with Crippen LogP contribution in [0.3, 0.4) is 0 Å². The van der Waals surface area contributed by atoms with Gasteiger partial charge in [-0.25, -0.2) is 8.78 Å². The summed E-state index contributed by atoms with van der Waals surface area (Å²) in [6, 6.07) is 12.6. The molecule has 0 aliphatic carbocycles. The Hall–Kier alpha value is -2.31. The first-order valence-electron chi connectivity index (χ1n) is 8.70. The molecule has 1 amide bonds. The SMILES string of the molecule is O=C1COC2(CCN(Cc3ccc(F)cc3)C2)CN1c1cccc(F)c1. The van der Waals surface area contributed by atoms with Crippen LogP contribution in [0, 0.1) is 11.6 Å². The summed E-state index contributed by atoms with van der Waals surface area (Å²) in [5.74, 6) is -0.759. The number of nitrogens with zero attached hydrogens (tertiary/aromatic N) is 2. The summed E-state index contributed by atoms with van der Waals surface area (Å²) in [5, 5.41) is 0. The largest absolute Gasteiger partial charge is 0.362 e. The predicted molar refractivity (Wildman–Crippen MR) is 93.7 cm³/mol. The lowest BCUT2D eigenvalue weighted by Crippen LogP contribution is -2.56. The fourth-order valence-electron chi connectivity index (χ4n) is 3.75. The van der Waals surface area contributed by atoms with Crippen LogP contribution in [0.15, 0.2) is 48.5 Å². The van der Waals surface area contributed by atoms with E-state index >= 15 is 0 Å². The molecule has 2 heterocycles. The number of anilines is 1. The Kier molecular flexibility index (Phi) is 4.46. The Morgan fingerprint density at radius 3 is 2.62 bits per heavy atom. The van der Waals surface area contributed by atoms with Crippen LogP contribution in [0.4, 0.5) is 14.5 Å². The highest BCUT2D eigenvalue weighted by Gasteiger charge is 2.45. The number of halogens is 2. The second-order valence-electron chi connectivity index (χ2n) is 7.02. The van der Waals surface area contributed by atoms with Crippen LogP contribution in [0.1, 0.15) is 12.0 Å². The summed E-state index contributed by atoms with van der Waals surface area (Å²) < 4.78 is 32.5. The van der Waals surface area contributed by atoms with Crippen LogP contribution in [-0.2, 0) is 16.1 Å². The van der Waals surface area contributed by atoms with Crippen LogP contribution < -0.4 is 4.90 Å². The molecule has 0 radical (unpaired) electrons. The van der Waals surface area contributed by atoms with Gasteiger partial charge in [0.05, 0.1) is 6.54 Å². The van der Waals surface area contributed by atoms with Crippen molar-refractivity contribution in [3.8, 4) is 0 Å². The van der Waals surface area contributed by atoms with Gasteiger partial charge in [-0.15, -0.1) is 0 Å². The van der Waals surface area contributed by atoms with E-state index in [2.05, 4.69) is 4.90 Å². The molecule has 2 saturated heterocycles. The molecule has 2 aliphatic rings. The first-order chi connectivity index (χ1) is 12.5. The monoisotopic (exact) mass is 358 g/mol. The van der Waals surface area contributed by atoms with Gasteiger partial charge < -0.3 is 9.64 Å². The molecule has 136 valence electrons. The van der Waals surface area contributed by atoms with E-state index in [4.69, 9.17) is 4.74 Å². The van der Waals surface area contributed by atoms with Crippen LogP contribution in [-0.4, -0.2) is 42.6 Å². The number of benzene rings is 2. The van der Waals surface area contributed by atoms with Crippen LogP contribution in [0.5, 0.6) is 0 Å². The molecule has 1 atom stereocenters. The third kappa shape index (κ3) is 3.48. The summed E-state index contributed by atoms with van der Waals surface area (Å²) in [4.78, 5) is 16.1. The Bertz CT molecular complexity index is 812. The van der Waals surface area contributed by atoms with Crippen molar-refractivity contribution < 1.29 is 18.3 Å². The minimum Gasteiger partial charge on any atom is -0.362 e.